The van der Waals surface area contributed by atoms with Crippen molar-refractivity contribution < 1.29 is 23.1 Å². The molecule has 0 radical (unpaired) electrons. The average Bonchev–Trinajstić information content (AvgIpc) is 3.33. The Morgan fingerprint density at radius 1 is 1.14 bits per heavy atom. The third kappa shape index (κ3) is 2.56. The normalized spacial score (nSPS) is 19.6. The Balaban J connectivity index is 1.75. The minimum absolute atomic E-state index is 0.287. The molecular weight excluding hydrogens is 294 g/mol. The molecular formula is C15H16F2N2O3. The summed E-state index contributed by atoms with van der Waals surface area (Å²) in [7, 11) is 0. The molecule has 1 aromatic carbocycles. The molecule has 0 atom stereocenters. The van der Waals surface area contributed by atoms with E-state index in [-0.39, 0.29) is 5.91 Å². The van der Waals surface area contributed by atoms with Gasteiger partial charge in [0.15, 0.2) is 0 Å². The third-order valence-corrected chi connectivity index (χ3v) is 4.09. The number of rotatable bonds is 3. The Kier molecular flexibility index (Phi) is 3.82. The van der Waals surface area contributed by atoms with Crippen molar-refractivity contribution in [3.63, 3.8) is 0 Å². The average molecular weight is 310 g/mol. The van der Waals surface area contributed by atoms with Crippen LogP contribution in [0.1, 0.15) is 12.8 Å². The van der Waals surface area contributed by atoms with E-state index in [2.05, 4.69) is 5.32 Å². The van der Waals surface area contributed by atoms with Crippen LogP contribution in [0, 0.1) is 17.0 Å². The summed E-state index contributed by atoms with van der Waals surface area (Å²) in [5.41, 5.74) is -1.69. The van der Waals surface area contributed by atoms with Gasteiger partial charge in [0.2, 0.25) is 11.8 Å². The van der Waals surface area contributed by atoms with Crippen molar-refractivity contribution in [2.45, 2.75) is 12.8 Å². The summed E-state index contributed by atoms with van der Waals surface area (Å²) in [4.78, 5) is 26.4. The number of hydrogen-bond acceptors (Lipinski definition) is 3. The lowest BCUT2D eigenvalue weighted by Crippen LogP contribution is -2.47. The van der Waals surface area contributed by atoms with Gasteiger partial charge in [-0.15, -0.1) is 0 Å². The second kappa shape index (κ2) is 5.64. The zero-order chi connectivity index (χ0) is 15.7. The molecule has 22 heavy (non-hydrogen) atoms. The zero-order valence-corrected chi connectivity index (χ0v) is 11.9. The molecule has 2 amide bonds. The van der Waals surface area contributed by atoms with Gasteiger partial charge >= 0.3 is 0 Å². The molecule has 0 bridgehead atoms. The van der Waals surface area contributed by atoms with E-state index in [1.54, 1.807) is 4.90 Å². The van der Waals surface area contributed by atoms with E-state index < -0.39 is 28.6 Å². The maximum Gasteiger partial charge on any atom is 0.240 e. The van der Waals surface area contributed by atoms with E-state index in [9.17, 15) is 18.4 Å². The number of benzene rings is 1. The lowest BCUT2D eigenvalue weighted by molar-refractivity contribution is -0.145. The quantitative estimate of drug-likeness (QED) is 0.862. The van der Waals surface area contributed by atoms with Gasteiger partial charge in [-0.25, -0.2) is 8.78 Å². The van der Waals surface area contributed by atoms with Gasteiger partial charge in [-0.05, 0) is 25.0 Å². The van der Waals surface area contributed by atoms with Crippen molar-refractivity contribution in [1.29, 1.82) is 0 Å². The van der Waals surface area contributed by atoms with E-state index in [1.807, 2.05) is 0 Å². The predicted molar refractivity (Wildman–Crippen MR) is 74.1 cm³/mol. The SMILES string of the molecule is O=C(Nc1c(F)cccc1F)C1(C(=O)N2CCOCC2)CC1. The fourth-order valence-electron chi connectivity index (χ4n) is 2.58. The van der Waals surface area contributed by atoms with Gasteiger partial charge in [0.05, 0.1) is 13.2 Å². The molecule has 1 saturated carbocycles. The van der Waals surface area contributed by atoms with Crippen molar-refractivity contribution in [2.24, 2.45) is 5.41 Å². The van der Waals surface area contributed by atoms with Gasteiger partial charge < -0.3 is 15.0 Å². The van der Waals surface area contributed by atoms with Crippen LogP contribution in [0.2, 0.25) is 0 Å². The van der Waals surface area contributed by atoms with Crippen LogP contribution >= 0.6 is 0 Å². The first-order valence-electron chi connectivity index (χ1n) is 7.17. The molecule has 0 aromatic heterocycles. The van der Waals surface area contributed by atoms with Crippen LogP contribution in [0.15, 0.2) is 18.2 Å². The number of carbonyl (C=O) groups excluding carboxylic acids is 2. The van der Waals surface area contributed by atoms with Crippen LogP contribution < -0.4 is 5.32 Å². The van der Waals surface area contributed by atoms with Crippen LogP contribution in [-0.2, 0) is 14.3 Å². The minimum Gasteiger partial charge on any atom is -0.378 e. The molecule has 0 unspecified atom stereocenters. The summed E-state index contributed by atoms with van der Waals surface area (Å²) in [5, 5.41) is 2.23. The molecule has 7 heteroatoms. The molecule has 1 N–H and O–H groups in total. The van der Waals surface area contributed by atoms with Crippen molar-refractivity contribution in [3.05, 3.63) is 29.8 Å². The van der Waals surface area contributed by atoms with Crippen molar-refractivity contribution in [3.8, 4) is 0 Å². The smallest absolute Gasteiger partial charge is 0.240 e. The van der Waals surface area contributed by atoms with Gasteiger partial charge in [0.1, 0.15) is 22.7 Å². The largest absolute Gasteiger partial charge is 0.378 e. The molecule has 3 rings (SSSR count). The number of hydrogen-bond donors (Lipinski definition) is 1. The molecule has 118 valence electrons. The zero-order valence-electron chi connectivity index (χ0n) is 11.9. The number of carbonyl (C=O) groups is 2. The number of nitrogens with zero attached hydrogens (tertiary/aromatic N) is 1. The summed E-state index contributed by atoms with van der Waals surface area (Å²) in [6.07, 6.45) is 0.788. The molecule has 2 fully saturated rings. The highest BCUT2D eigenvalue weighted by molar-refractivity contribution is 6.13. The Labute approximate surface area is 126 Å². The molecule has 5 nitrogen and oxygen atoms in total. The summed E-state index contributed by atoms with van der Waals surface area (Å²) in [6, 6.07) is 3.33. The molecule has 1 aliphatic heterocycles. The van der Waals surface area contributed by atoms with Crippen molar-refractivity contribution in [2.75, 3.05) is 31.6 Å². The maximum atomic E-state index is 13.6. The van der Waals surface area contributed by atoms with E-state index in [0.717, 1.165) is 12.1 Å². The summed E-state index contributed by atoms with van der Waals surface area (Å²) < 4.78 is 32.4. The van der Waals surface area contributed by atoms with Gasteiger partial charge in [-0.1, -0.05) is 6.07 Å². The van der Waals surface area contributed by atoms with E-state index in [0.29, 0.717) is 39.1 Å². The Hall–Kier alpha value is -2.02. The second-order valence-electron chi connectivity index (χ2n) is 5.54. The Morgan fingerprint density at radius 2 is 1.73 bits per heavy atom. The molecule has 1 aliphatic carbocycles. The molecule has 0 spiro atoms. The van der Waals surface area contributed by atoms with Gasteiger partial charge in [0, 0.05) is 13.1 Å². The number of amides is 2. The monoisotopic (exact) mass is 310 g/mol. The van der Waals surface area contributed by atoms with Crippen LogP contribution in [0.3, 0.4) is 0 Å². The molecule has 1 aromatic rings. The van der Waals surface area contributed by atoms with Gasteiger partial charge in [-0.2, -0.15) is 0 Å². The van der Waals surface area contributed by atoms with Crippen molar-refractivity contribution >= 4 is 17.5 Å². The summed E-state index contributed by atoms with van der Waals surface area (Å²) >= 11 is 0. The number of anilines is 1. The van der Waals surface area contributed by atoms with Crippen LogP contribution in [0.5, 0.6) is 0 Å². The van der Waals surface area contributed by atoms with E-state index in [1.165, 1.54) is 6.07 Å². The number of halogens is 2. The molecule has 2 aliphatic rings. The van der Waals surface area contributed by atoms with Gasteiger partial charge in [0.25, 0.3) is 0 Å². The highest BCUT2D eigenvalue weighted by Crippen LogP contribution is 2.48. The fraction of sp³-hybridized carbons (Fsp3) is 0.467. The number of ether oxygens (including phenoxy) is 1. The standard InChI is InChI=1S/C15H16F2N2O3/c16-10-2-1-3-11(17)12(10)18-13(20)15(4-5-15)14(21)19-6-8-22-9-7-19/h1-3H,4-9H2,(H,18,20). The maximum absolute atomic E-state index is 13.6. The first-order valence-corrected chi connectivity index (χ1v) is 7.17. The highest BCUT2D eigenvalue weighted by atomic mass is 19.1. The summed E-state index contributed by atoms with van der Waals surface area (Å²) in [6.45, 7) is 1.74. The van der Waals surface area contributed by atoms with Crippen LogP contribution in [-0.4, -0.2) is 43.0 Å². The summed E-state index contributed by atoms with van der Waals surface area (Å²) in [5.74, 6) is -2.65. The minimum atomic E-state index is -1.19. The van der Waals surface area contributed by atoms with E-state index in [4.69, 9.17) is 4.74 Å². The first-order chi connectivity index (χ1) is 10.5. The number of morpholine rings is 1. The Morgan fingerprint density at radius 3 is 2.27 bits per heavy atom. The van der Waals surface area contributed by atoms with E-state index >= 15 is 0 Å². The third-order valence-electron chi connectivity index (χ3n) is 4.09. The molecule has 1 heterocycles. The predicted octanol–water partition coefficient (Wildman–Crippen LogP) is 1.54. The lowest BCUT2D eigenvalue weighted by atomic mass is 10.0. The highest BCUT2D eigenvalue weighted by Gasteiger charge is 2.58. The Bertz CT molecular complexity index is 591. The molecule has 1 saturated heterocycles. The van der Waals surface area contributed by atoms with Crippen LogP contribution in [0.4, 0.5) is 14.5 Å². The van der Waals surface area contributed by atoms with Crippen molar-refractivity contribution in [1.82, 2.24) is 4.90 Å². The lowest BCUT2D eigenvalue weighted by Gasteiger charge is -2.30. The fourth-order valence-corrected chi connectivity index (χ4v) is 2.58. The van der Waals surface area contributed by atoms with Crippen LogP contribution in [0.25, 0.3) is 0 Å². The topological polar surface area (TPSA) is 58.6 Å². The number of nitrogens with one attached hydrogen (secondary N) is 1. The van der Waals surface area contributed by atoms with Gasteiger partial charge in [-0.3, -0.25) is 9.59 Å². The first kappa shape index (κ1) is 14.9. The number of para-hydroxylation sites is 1. The second-order valence-corrected chi connectivity index (χ2v) is 5.54.